The number of imide groups is 1. The summed E-state index contributed by atoms with van der Waals surface area (Å²) in [6.45, 7) is 2.42. The fraction of sp³-hybridized carbons (Fsp3) is 0.448. The quantitative estimate of drug-likeness (QED) is 0.461. The molecule has 9 nitrogen and oxygen atoms in total. The first-order valence-electron chi connectivity index (χ1n) is 13.5. The summed E-state index contributed by atoms with van der Waals surface area (Å²) in [5.41, 5.74) is 4.33. The Morgan fingerprint density at radius 1 is 1.05 bits per heavy atom. The van der Waals surface area contributed by atoms with E-state index in [1.54, 1.807) is 17.0 Å². The van der Waals surface area contributed by atoms with Gasteiger partial charge in [-0.05, 0) is 62.6 Å². The van der Waals surface area contributed by atoms with Crippen LogP contribution >= 0.6 is 0 Å². The van der Waals surface area contributed by atoms with Gasteiger partial charge in [0.05, 0.1) is 12.2 Å². The van der Waals surface area contributed by atoms with Gasteiger partial charge >= 0.3 is 0 Å². The zero-order chi connectivity index (χ0) is 26.1. The van der Waals surface area contributed by atoms with Gasteiger partial charge in [-0.2, -0.15) is 0 Å². The lowest BCUT2D eigenvalue weighted by Crippen LogP contribution is -2.52. The summed E-state index contributed by atoms with van der Waals surface area (Å²) in [6, 6.07) is 8.79. The van der Waals surface area contributed by atoms with Gasteiger partial charge in [-0.25, -0.2) is 4.98 Å². The van der Waals surface area contributed by atoms with Crippen LogP contribution in [-0.2, 0) is 33.9 Å². The van der Waals surface area contributed by atoms with E-state index in [0.717, 1.165) is 54.4 Å². The van der Waals surface area contributed by atoms with Crippen LogP contribution in [0.4, 0.5) is 0 Å². The van der Waals surface area contributed by atoms with E-state index in [2.05, 4.69) is 11.5 Å². The average molecular weight is 517 g/mol. The average Bonchev–Trinajstić information content (AvgIpc) is 3.48. The number of fused-ring (bicyclic) bond motifs is 2. The van der Waals surface area contributed by atoms with Crippen LogP contribution < -0.4 is 10.1 Å². The highest BCUT2D eigenvalue weighted by Gasteiger charge is 2.40. The van der Waals surface area contributed by atoms with Crippen LogP contribution in [0.15, 0.2) is 42.7 Å². The largest absolute Gasteiger partial charge is 0.488 e. The first-order chi connectivity index (χ1) is 18.5. The Morgan fingerprint density at radius 2 is 1.92 bits per heavy atom. The number of aromatic nitrogens is 2. The van der Waals surface area contributed by atoms with Crippen molar-refractivity contribution in [3.63, 3.8) is 0 Å². The lowest BCUT2D eigenvalue weighted by atomic mass is 9.94. The van der Waals surface area contributed by atoms with E-state index >= 15 is 0 Å². The fourth-order valence-corrected chi connectivity index (χ4v) is 5.76. The van der Waals surface area contributed by atoms with E-state index in [-0.39, 0.29) is 24.8 Å². The third-order valence-corrected chi connectivity index (χ3v) is 7.88. The first-order valence-corrected chi connectivity index (χ1v) is 13.5. The second kappa shape index (κ2) is 10.6. The number of amides is 3. The molecule has 3 aromatic rings. The Hall–Kier alpha value is -3.72. The standard InChI is InChI=1S/C29H32N4O5/c34-27-10-8-24(28(35)31-27)33-17-23-22(29(33)36)5-2-6-25(23)38-18-20-7-9-26-30-21(16-32(26)15-20)4-1-3-19-11-13-37-14-12-19/h2,5-7,9,15-16,19,24H,1,3-4,8,10-14,17-18H2,(H,31,34,35). The number of piperidine rings is 1. The summed E-state index contributed by atoms with van der Waals surface area (Å²) in [4.78, 5) is 43.3. The maximum atomic E-state index is 13.1. The third-order valence-electron chi connectivity index (χ3n) is 7.88. The number of carbonyl (C=O) groups is 3. The first kappa shape index (κ1) is 24.6. The smallest absolute Gasteiger partial charge is 0.255 e. The summed E-state index contributed by atoms with van der Waals surface area (Å²) >= 11 is 0. The highest BCUT2D eigenvalue weighted by atomic mass is 16.5. The topological polar surface area (TPSA) is 102 Å². The summed E-state index contributed by atoms with van der Waals surface area (Å²) in [5, 5.41) is 2.34. The van der Waals surface area contributed by atoms with Crippen molar-refractivity contribution in [2.24, 2.45) is 5.92 Å². The molecule has 0 bridgehead atoms. The molecular formula is C29H32N4O5. The summed E-state index contributed by atoms with van der Waals surface area (Å²) < 4.78 is 13.7. The molecule has 1 unspecified atom stereocenters. The van der Waals surface area contributed by atoms with Crippen molar-refractivity contribution in [3.8, 4) is 5.75 Å². The molecule has 1 atom stereocenters. The van der Waals surface area contributed by atoms with E-state index in [4.69, 9.17) is 14.5 Å². The number of pyridine rings is 1. The van der Waals surface area contributed by atoms with Crippen molar-refractivity contribution >= 4 is 23.4 Å². The van der Waals surface area contributed by atoms with Crippen LogP contribution in [0.3, 0.4) is 0 Å². The number of hydrogen-bond donors (Lipinski definition) is 1. The van der Waals surface area contributed by atoms with Gasteiger partial charge in [-0.1, -0.05) is 12.1 Å². The van der Waals surface area contributed by atoms with Crippen LogP contribution in [-0.4, -0.2) is 51.3 Å². The van der Waals surface area contributed by atoms with Crippen LogP contribution in [0.1, 0.15) is 65.7 Å². The maximum absolute atomic E-state index is 13.1. The molecule has 38 heavy (non-hydrogen) atoms. The summed E-state index contributed by atoms with van der Waals surface area (Å²) in [7, 11) is 0. The van der Waals surface area contributed by atoms with Gasteiger partial charge in [-0.3, -0.25) is 19.7 Å². The van der Waals surface area contributed by atoms with E-state index in [0.29, 0.717) is 24.3 Å². The molecule has 6 rings (SSSR count). The second-order valence-electron chi connectivity index (χ2n) is 10.5. The number of nitrogens with zero attached hydrogens (tertiary/aromatic N) is 3. The molecule has 2 fully saturated rings. The Kier molecular flexibility index (Phi) is 6.84. The van der Waals surface area contributed by atoms with Crippen LogP contribution in [0, 0.1) is 5.92 Å². The molecule has 5 heterocycles. The Morgan fingerprint density at radius 3 is 2.76 bits per heavy atom. The van der Waals surface area contributed by atoms with Gasteiger partial charge in [-0.15, -0.1) is 0 Å². The molecule has 0 spiro atoms. The van der Waals surface area contributed by atoms with E-state index < -0.39 is 11.9 Å². The van der Waals surface area contributed by atoms with Crippen molar-refractivity contribution in [3.05, 3.63) is 65.1 Å². The molecule has 1 aromatic carbocycles. The van der Waals surface area contributed by atoms with Crippen LogP contribution in [0.5, 0.6) is 5.75 Å². The van der Waals surface area contributed by atoms with Gasteiger partial charge < -0.3 is 18.8 Å². The van der Waals surface area contributed by atoms with Crippen molar-refractivity contribution in [1.29, 1.82) is 0 Å². The number of rotatable bonds is 8. The predicted octanol–water partition coefficient (Wildman–Crippen LogP) is 3.42. The number of aryl methyl sites for hydroxylation is 1. The Balaban J connectivity index is 1.09. The molecule has 0 saturated carbocycles. The Labute approximate surface area is 221 Å². The van der Waals surface area contributed by atoms with Gasteiger partial charge in [0.2, 0.25) is 11.8 Å². The molecule has 3 amide bonds. The molecule has 3 aliphatic rings. The van der Waals surface area contributed by atoms with Crippen molar-refractivity contribution in [1.82, 2.24) is 19.6 Å². The summed E-state index contributed by atoms with van der Waals surface area (Å²) in [5.74, 6) is 0.488. The SMILES string of the molecule is O=C1CCC(N2Cc3c(OCc4ccc5nc(CCCC6CCOCC6)cn5c4)cccc3C2=O)C(=O)N1. The van der Waals surface area contributed by atoms with Crippen molar-refractivity contribution < 1.29 is 23.9 Å². The number of nitrogens with one attached hydrogen (secondary N) is 1. The zero-order valence-corrected chi connectivity index (χ0v) is 21.4. The lowest BCUT2D eigenvalue weighted by Gasteiger charge is -2.29. The molecular weight excluding hydrogens is 484 g/mol. The molecule has 9 heteroatoms. The van der Waals surface area contributed by atoms with Crippen molar-refractivity contribution in [2.75, 3.05) is 13.2 Å². The van der Waals surface area contributed by atoms with Gasteiger partial charge in [0, 0.05) is 48.7 Å². The number of hydrogen-bond acceptors (Lipinski definition) is 6. The Bertz CT molecular complexity index is 1380. The minimum Gasteiger partial charge on any atom is -0.488 e. The zero-order valence-electron chi connectivity index (χ0n) is 21.4. The highest BCUT2D eigenvalue weighted by molar-refractivity contribution is 6.05. The molecule has 2 aromatic heterocycles. The van der Waals surface area contributed by atoms with E-state index in [1.165, 1.54) is 19.3 Å². The third kappa shape index (κ3) is 5.03. The second-order valence-corrected chi connectivity index (χ2v) is 10.5. The highest BCUT2D eigenvalue weighted by Crippen LogP contribution is 2.34. The molecule has 1 N–H and O–H groups in total. The van der Waals surface area contributed by atoms with E-state index in [9.17, 15) is 14.4 Å². The maximum Gasteiger partial charge on any atom is 0.255 e. The van der Waals surface area contributed by atoms with E-state index in [1.807, 2.05) is 28.8 Å². The lowest BCUT2D eigenvalue weighted by molar-refractivity contribution is -0.136. The minimum absolute atomic E-state index is 0.205. The fourth-order valence-electron chi connectivity index (χ4n) is 5.76. The van der Waals surface area contributed by atoms with Gasteiger partial charge in [0.15, 0.2) is 0 Å². The van der Waals surface area contributed by atoms with Crippen molar-refractivity contribution in [2.45, 2.75) is 64.1 Å². The minimum atomic E-state index is -0.644. The molecule has 0 aliphatic carbocycles. The number of benzene rings is 1. The molecule has 198 valence electrons. The van der Waals surface area contributed by atoms with Gasteiger partial charge in [0.25, 0.3) is 5.91 Å². The number of imidazole rings is 1. The normalized spacial score (nSPS) is 20.2. The van der Waals surface area contributed by atoms with Crippen LogP contribution in [0.2, 0.25) is 0 Å². The number of carbonyl (C=O) groups excluding carboxylic acids is 3. The monoisotopic (exact) mass is 516 g/mol. The molecule has 0 radical (unpaired) electrons. The van der Waals surface area contributed by atoms with Crippen LogP contribution in [0.25, 0.3) is 5.65 Å². The molecule has 3 aliphatic heterocycles. The summed E-state index contributed by atoms with van der Waals surface area (Å²) in [6.07, 6.45) is 10.4. The van der Waals surface area contributed by atoms with Gasteiger partial charge in [0.1, 0.15) is 24.0 Å². The predicted molar refractivity (Wildman–Crippen MR) is 138 cm³/mol. The molecule has 2 saturated heterocycles. The number of ether oxygens (including phenoxy) is 2.